The van der Waals surface area contributed by atoms with E-state index in [1.165, 1.54) is 5.56 Å². The van der Waals surface area contributed by atoms with Crippen LogP contribution in [0.5, 0.6) is 0 Å². The molecule has 1 aromatic heterocycles. The van der Waals surface area contributed by atoms with Gasteiger partial charge in [-0.3, -0.25) is 4.79 Å². The molecule has 2 aromatic rings. The van der Waals surface area contributed by atoms with E-state index in [-0.39, 0.29) is 11.9 Å². The lowest BCUT2D eigenvalue weighted by molar-refractivity contribution is -0.129. The molecule has 1 aliphatic heterocycles. The minimum Gasteiger partial charge on any atom is -0.352 e. The number of aromatic nitrogens is 3. The Kier molecular flexibility index (Phi) is 4.88. The topological polar surface area (TPSA) is 74.2 Å². The monoisotopic (exact) mass is 326 g/mol. The summed E-state index contributed by atoms with van der Waals surface area (Å²) in [6, 6.07) is 10.2. The van der Waals surface area contributed by atoms with Crippen molar-refractivity contribution in [2.45, 2.75) is 19.9 Å². The van der Waals surface area contributed by atoms with Gasteiger partial charge in [0, 0.05) is 33.1 Å². The molecule has 126 valence electrons. The molecule has 7 heteroatoms. The van der Waals surface area contributed by atoms with E-state index in [9.17, 15) is 4.79 Å². The van der Waals surface area contributed by atoms with Gasteiger partial charge in [0.05, 0.1) is 12.2 Å². The highest BCUT2D eigenvalue weighted by Crippen LogP contribution is 2.18. The number of carbonyl (C=O) groups excluding carboxylic acids is 1. The molecule has 3 rings (SSSR count). The smallest absolute Gasteiger partial charge is 0.245 e. The van der Waals surface area contributed by atoms with E-state index >= 15 is 0 Å². The van der Waals surface area contributed by atoms with Crippen LogP contribution in [-0.4, -0.2) is 52.2 Å². The molecule has 0 aliphatic carbocycles. The van der Waals surface area contributed by atoms with Crippen LogP contribution in [-0.2, 0) is 4.79 Å². The van der Waals surface area contributed by atoms with E-state index in [1.807, 2.05) is 23.1 Å². The number of nitrogens with zero attached hydrogens (tertiary/aromatic N) is 5. The predicted octanol–water partition coefficient (Wildman–Crippen LogP) is 1.71. The quantitative estimate of drug-likeness (QED) is 0.922. The standard InChI is InChI=1S/C17H22N6O/c1-13(15-6-4-3-5-7-15)19-17-20-16(12-18-21-17)23-10-8-22(9-11-23)14(2)24/h3-7,12-13H,8-11H2,1-2H3,(H,19,20,21). The van der Waals surface area contributed by atoms with Crippen LogP contribution in [0.15, 0.2) is 36.5 Å². The maximum atomic E-state index is 11.4. The van der Waals surface area contributed by atoms with Gasteiger partial charge in [-0.1, -0.05) is 30.3 Å². The van der Waals surface area contributed by atoms with Gasteiger partial charge in [-0.25, -0.2) is 0 Å². The summed E-state index contributed by atoms with van der Waals surface area (Å²) >= 11 is 0. The van der Waals surface area contributed by atoms with Crippen LogP contribution < -0.4 is 10.2 Å². The van der Waals surface area contributed by atoms with Gasteiger partial charge in [0.25, 0.3) is 0 Å². The van der Waals surface area contributed by atoms with E-state index < -0.39 is 0 Å². The van der Waals surface area contributed by atoms with Gasteiger partial charge in [-0.05, 0) is 12.5 Å². The molecule has 0 saturated carbocycles. The average molecular weight is 326 g/mol. The van der Waals surface area contributed by atoms with Crippen LogP contribution in [0.25, 0.3) is 0 Å². The number of hydrogen-bond acceptors (Lipinski definition) is 6. The fraction of sp³-hybridized carbons (Fsp3) is 0.412. The second-order valence-electron chi connectivity index (χ2n) is 5.91. The minimum atomic E-state index is 0.0952. The van der Waals surface area contributed by atoms with Gasteiger partial charge in [-0.15, -0.1) is 5.10 Å². The van der Waals surface area contributed by atoms with Gasteiger partial charge >= 0.3 is 0 Å². The Bertz CT molecular complexity index is 684. The van der Waals surface area contributed by atoms with Crippen molar-refractivity contribution >= 4 is 17.7 Å². The van der Waals surface area contributed by atoms with Crippen molar-refractivity contribution in [2.75, 3.05) is 36.4 Å². The predicted molar refractivity (Wildman–Crippen MR) is 92.8 cm³/mol. The minimum absolute atomic E-state index is 0.0952. The summed E-state index contributed by atoms with van der Waals surface area (Å²) in [4.78, 5) is 20.0. The fourth-order valence-corrected chi connectivity index (χ4v) is 2.78. The number of carbonyl (C=O) groups is 1. The Labute approximate surface area is 141 Å². The number of amides is 1. The molecule has 1 aromatic carbocycles. The average Bonchev–Trinajstić information content (AvgIpc) is 2.63. The van der Waals surface area contributed by atoms with Crippen molar-refractivity contribution in [3.8, 4) is 0 Å². The summed E-state index contributed by atoms with van der Waals surface area (Å²) in [7, 11) is 0. The first-order chi connectivity index (χ1) is 11.6. The third-order valence-corrected chi connectivity index (χ3v) is 4.24. The molecule has 1 N–H and O–H groups in total. The van der Waals surface area contributed by atoms with Crippen LogP contribution in [0.1, 0.15) is 25.5 Å². The Morgan fingerprint density at radius 3 is 2.54 bits per heavy atom. The number of rotatable bonds is 4. The van der Waals surface area contributed by atoms with Crippen molar-refractivity contribution in [3.63, 3.8) is 0 Å². The molecule has 0 radical (unpaired) electrons. The first kappa shape index (κ1) is 16.2. The van der Waals surface area contributed by atoms with E-state index in [4.69, 9.17) is 0 Å². The zero-order chi connectivity index (χ0) is 16.9. The normalized spacial score (nSPS) is 15.9. The van der Waals surface area contributed by atoms with Gasteiger partial charge < -0.3 is 15.1 Å². The molecule has 7 nitrogen and oxygen atoms in total. The molecule has 1 atom stereocenters. The molecule has 1 aliphatic rings. The summed E-state index contributed by atoms with van der Waals surface area (Å²) in [5.74, 6) is 1.42. The molecule has 2 heterocycles. The second-order valence-corrected chi connectivity index (χ2v) is 5.91. The first-order valence-corrected chi connectivity index (χ1v) is 8.15. The third kappa shape index (κ3) is 3.79. The van der Waals surface area contributed by atoms with Crippen LogP contribution in [0, 0.1) is 0 Å². The van der Waals surface area contributed by atoms with Crippen LogP contribution in [0.4, 0.5) is 11.8 Å². The summed E-state index contributed by atoms with van der Waals surface area (Å²) < 4.78 is 0. The number of benzene rings is 1. The number of piperazine rings is 1. The second kappa shape index (κ2) is 7.25. The SMILES string of the molecule is CC(=O)N1CCN(c2cnnc(NC(C)c3ccccc3)n2)CC1. The number of nitrogens with one attached hydrogen (secondary N) is 1. The van der Waals surface area contributed by atoms with E-state index in [0.29, 0.717) is 19.0 Å². The highest BCUT2D eigenvalue weighted by atomic mass is 16.2. The Morgan fingerprint density at radius 1 is 1.17 bits per heavy atom. The molecule has 1 amide bonds. The molecule has 1 unspecified atom stereocenters. The molecule has 0 spiro atoms. The maximum Gasteiger partial charge on any atom is 0.245 e. The molecule has 0 bridgehead atoms. The number of anilines is 2. The Hall–Kier alpha value is -2.70. The lowest BCUT2D eigenvalue weighted by atomic mass is 10.1. The third-order valence-electron chi connectivity index (χ3n) is 4.24. The summed E-state index contributed by atoms with van der Waals surface area (Å²) in [6.45, 7) is 6.61. The van der Waals surface area contributed by atoms with E-state index in [2.05, 4.69) is 44.5 Å². The molecule has 24 heavy (non-hydrogen) atoms. The van der Waals surface area contributed by atoms with Crippen molar-refractivity contribution in [3.05, 3.63) is 42.1 Å². The van der Waals surface area contributed by atoms with Crippen molar-refractivity contribution in [1.82, 2.24) is 20.1 Å². The zero-order valence-electron chi connectivity index (χ0n) is 14.0. The highest BCUT2D eigenvalue weighted by molar-refractivity contribution is 5.73. The zero-order valence-corrected chi connectivity index (χ0v) is 14.0. The van der Waals surface area contributed by atoms with E-state index in [0.717, 1.165) is 18.9 Å². The van der Waals surface area contributed by atoms with E-state index in [1.54, 1.807) is 13.1 Å². The van der Waals surface area contributed by atoms with Gasteiger partial charge in [0.15, 0.2) is 5.82 Å². The van der Waals surface area contributed by atoms with Crippen molar-refractivity contribution < 1.29 is 4.79 Å². The van der Waals surface area contributed by atoms with Gasteiger partial charge in [0.2, 0.25) is 11.9 Å². The fourth-order valence-electron chi connectivity index (χ4n) is 2.78. The summed E-state index contributed by atoms with van der Waals surface area (Å²) in [5, 5.41) is 11.4. The first-order valence-electron chi connectivity index (χ1n) is 8.15. The largest absolute Gasteiger partial charge is 0.352 e. The Balaban J connectivity index is 1.65. The van der Waals surface area contributed by atoms with Crippen LogP contribution >= 0.6 is 0 Å². The lowest BCUT2D eigenvalue weighted by Crippen LogP contribution is -2.48. The number of hydrogen-bond donors (Lipinski definition) is 1. The maximum absolute atomic E-state index is 11.4. The summed E-state index contributed by atoms with van der Waals surface area (Å²) in [5.41, 5.74) is 1.17. The highest BCUT2D eigenvalue weighted by Gasteiger charge is 2.20. The van der Waals surface area contributed by atoms with Crippen molar-refractivity contribution in [2.24, 2.45) is 0 Å². The van der Waals surface area contributed by atoms with Crippen LogP contribution in [0.2, 0.25) is 0 Å². The van der Waals surface area contributed by atoms with Crippen LogP contribution in [0.3, 0.4) is 0 Å². The molecule has 1 saturated heterocycles. The van der Waals surface area contributed by atoms with Gasteiger partial charge in [-0.2, -0.15) is 10.1 Å². The lowest BCUT2D eigenvalue weighted by Gasteiger charge is -2.34. The van der Waals surface area contributed by atoms with Gasteiger partial charge in [0.1, 0.15) is 0 Å². The molecular formula is C17H22N6O. The Morgan fingerprint density at radius 2 is 1.88 bits per heavy atom. The summed E-state index contributed by atoms with van der Waals surface area (Å²) in [6.07, 6.45) is 1.67. The molecular weight excluding hydrogens is 304 g/mol. The van der Waals surface area contributed by atoms with Crippen molar-refractivity contribution in [1.29, 1.82) is 0 Å². The molecule has 1 fully saturated rings.